The van der Waals surface area contributed by atoms with Gasteiger partial charge in [-0.15, -0.1) is 0 Å². The second-order valence-electron chi connectivity index (χ2n) is 8.44. The van der Waals surface area contributed by atoms with Gasteiger partial charge in [0, 0.05) is 6.42 Å². The van der Waals surface area contributed by atoms with E-state index in [2.05, 4.69) is 17.1 Å². The van der Waals surface area contributed by atoms with Gasteiger partial charge < -0.3 is 14.8 Å². The molecule has 0 radical (unpaired) electrons. The summed E-state index contributed by atoms with van der Waals surface area (Å²) in [6, 6.07) is 0. The third-order valence-electron chi connectivity index (χ3n) is 5.73. The molecule has 2 N–H and O–H groups in total. The number of hydrogen-bond donors (Lipinski definition) is 2. The van der Waals surface area contributed by atoms with Crippen molar-refractivity contribution in [2.45, 2.75) is 77.2 Å². The number of hydrogen-bond acceptors (Lipinski definition) is 7. The standard InChI is InChI=1S/C22H40N2O6S.Na/c1-2-3-4-5-6-7-8-9-10-11-12-13-21(27)22-23-14-15-24(22,16-17-25)18-20(26)19-31(28,29)30;/h2-3,20,25-26H,4-19H2,1H3;/q;+1/b3-2+;. The molecule has 10 heteroatoms. The molecule has 0 aromatic rings. The van der Waals surface area contributed by atoms with Crippen molar-refractivity contribution in [2.75, 3.05) is 38.5 Å². The van der Waals surface area contributed by atoms with Crippen molar-refractivity contribution in [3.8, 4) is 0 Å². The first kappa shape index (κ1) is 31.9. The number of amidine groups is 1. The molecule has 0 bridgehead atoms. The number of rotatable bonds is 18. The average Bonchev–Trinajstić information content (AvgIpc) is 3.07. The first-order valence-electron chi connectivity index (χ1n) is 11.5. The summed E-state index contributed by atoms with van der Waals surface area (Å²) in [5.41, 5.74) is 0. The fourth-order valence-electron chi connectivity index (χ4n) is 4.21. The van der Waals surface area contributed by atoms with Crippen molar-refractivity contribution in [1.29, 1.82) is 0 Å². The number of carbonyl (C=O) groups excluding carboxylic acids is 1. The first-order valence-corrected chi connectivity index (χ1v) is 13.1. The smallest absolute Gasteiger partial charge is 0.748 e. The zero-order valence-electron chi connectivity index (χ0n) is 19.9. The summed E-state index contributed by atoms with van der Waals surface area (Å²) >= 11 is 0. The van der Waals surface area contributed by atoms with Gasteiger partial charge in [-0.05, 0) is 26.2 Å². The van der Waals surface area contributed by atoms with Gasteiger partial charge >= 0.3 is 29.6 Å². The Balaban J connectivity index is 0.00000961. The Hall–Kier alpha value is -0.130. The molecular formula is C22H40N2NaO6S+. The van der Waals surface area contributed by atoms with Crippen LogP contribution < -0.4 is 29.6 Å². The minimum Gasteiger partial charge on any atom is -0.748 e. The average molecular weight is 484 g/mol. The summed E-state index contributed by atoms with van der Waals surface area (Å²) in [6.45, 7) is 2.66. The van der Waals surface area contributed by atoms with E-state index < -0.39 is 22.0 Å². The minimum atomic E-state index is -4.58. The zero-order chi connectivity index (χ0) is 23.2. The molecule has 0 aliphatic carbocycles. The van der Waals surface area contributed by atoms with Gasteiger partial charge in [0.15, 0.2) is 0 Å². The van der Waals surface area contributed by atoms with E-state index in [4.69, 9.17) is 0 Å². The predicted octanol–water partition coefficient (Wildman–Crippen LogP) is -0.836. The Morgan fingerprint density at radius 1 is 1.16 bits per heavy atom. The monoisotopic (exact) mass is 483 g/mol. The number of aliphatic hydroxyl groups excluding tert-OH is 2. The van der Waals surface area contributed by atoms with Gasteiger partial charge in [0.25, 0.3) is 5.84 Å². The van der Waals surface area contributed by atoms with Crippen LogP contribution in [-0.2, 0) is 14.9 Å². The Morgan fingerprint density at radius 3 is 2.31 bits per heavy atom. The summed E-state index contributed by atoms with van der Waals surface area (Å²) in [7, 11) is -4.58. The number of ketones is 1. The summed E-state index contributed by atoms with van der Waals surface area (Å²) < 4.78 is 32.8. The van der Waals surface area contributed by atoms with Crippen LogP contribution in [0.2, 0.25) is 0 Å². The van der Waals surface area contributed by atoms with Crippen LogP contribution in [0.1, 0.15) is 71.1 Å². The van der Waals surface area contributed by atoms with E-state index in [0.717, 1.165) is 25.7 Å². The van der Waals surface area contributed by atoms with Crippen molar-refractivity contribution in [3.05, 3.63) is 12.2 Å². The van der Waals surface area contributed by atoms with Crippen molar-refractivity contribution >= 4 is 21.7 Å². The van der Waals surface area contributed by atoms with Crippen LogP contribution in [0.4, 0.5) is 0 Å². The molecule has 0 saturated heterocycles. The van der Waals surface area contributed by atoms with Crippen LogP contribution in [0, 0.1) is 0 Å². The Kier molecular flexibility index (Phi) is 17.3. The molecule has 0 fully saturated rings. The molecule has 0 spiro atoms. The van der Waals surface area contributed by atoms with E-state index in [-0.39, 0.29) is 65.4 Å². The van der Waals surface area contributed by atoms with Crippen LogP contribution in [0.5, 0.6) is 0 Å². The van der Waals surface area contributed by atoms with Gasteiger partial charge in [0.05, 0.1) is 29.0 Å². The maximum Gasteiger partial charge on any atom is 1.00 e. The largest absolute Gasteiger partial charge is 1.00 e. The van der Waals surface area contributed by atoms with Crippen LogP contribution in [-0.4, -0.2) is 83.9 Å². The summed E-state index contributed by atoms with van der Waals surface area (Å²) in [6.07, 6.45) is 13.3. The maximum atomic E-state index is 12.8. The molecule has 1 rings (SSSR count). The normalized spacial score (nSPS) is 19.7. The molecule has 180 valence electrons. The van der Waals surface area contributed by atoms with Gasteiger partial charge in [0.1, 0.15) is 25.7 Å². The van der Waals surface area contributed by atoms with E-state index in [1.807, 2.05) is 6.92 Å². The number of carbonyl (C=O) groups is 1. The number of aliphatic imine (C=N–C) groups is 1. The SMILES string of the molecule is C/C=C/CCCCCCCCCCC(=O)C1=NCC[N+]1(CCO)CC(O)CS(=O)(=O)[O-].[Na+]. The minimum absolute atomic E-state index is 0. The van der Waals surface area contributed by atoms with Crippen molar-refractivity contribution in [2.24, 2.45) is 4.99 Å². The molecule has 2 unspecified atom stereocenters. The molecule has 0 aromatic heterocycles. The van der Waals surface area contributed by atoms with Crippen LogP contribution in [0.15, 0.2) is 17.1 Å². The number of allylic oxidation sites excluding steroid dienone is 2. The number of Topliss-reactive ketones (excluding diaryl/α,β-unsaturated/α-hetero) is 1. The fourth-order valence-corrected chi connectivity index (χ4v) is 4.79. The predicted molar refractivity (Wildman–Crippen MR) is 121 cm³/mol. The molecule has 1 aliphatic heterocycles. The van der Waals surface area contributed by atoms with Crippen molar-refractivity contribution in [1.82, 2.24) is 0 Å². The Bertz CT molecular complexity index is 699. The number of quaternary nitrogens is 1. The molecule has 8 nitrogen and oxygen atoms in total. The molecule has 32 heavy (non-hydrogen) atoms. The van der Waals surface area contributed by atoms with Gasteiger partial charge in [-0.1, -0.05) is 50.7 Å². The summed E-state index contributed by atoms with van der Waals surface area (Å²) in [4.78, 5) is 17.1. The fraction of sp³-hybridized carbons (Fsp3) is 0.818. The molecule has 0 amide bonds. The van der Waals surface area contributed by atoms with E-state index in [1.165, 1.54) is 32.1 Å². The summed E-state index contributed by atoms with van der Waals surface area (Å²) in [5.74, 6) is -0.737. The molecule has 0 aromatic carbocycles. The maximum absolute atomic E-state index is 12.8. The Labute approximate surface area is 215 Å². The third kappa shape index (κ3) is 12.9. The molecule has 1 aliphatic rings. The molecule has 1 heterocycles. The van der Waals surface area contributed by atoms with Crippen molar-refractivity contribution in [3.63, 3.8) is 0 Å². The zero-order valence-corrected chi connectivity index (χ0v) is 22.7. The number of nitrogens with zero attached hydrogens (tertiary/aromatic N) is 2. The molecule has 2 atom stereocenters. The number of unbranched alkanes of at least 4 members (excludes halogenated alkanes) is 8. The quantitative estimate of drug-likeness (QED) is 0.0861. The van der Waals surface area contributed by atoms with E-state index in [9.17, 15) is 28.0 Å². The van der Waals surface area contributed by atoms with Crippen LogP contribution >= 0.6 is 0 Å². The van der Waals surface area contributed by atoms with Crippen LogP contribution in [0.3, 0.4) is 0 Å². The van der Waals surface area contributed by atoms with Gasteiger partial charge in [-0.2, -0.15) is 0 Å². The van der Waals surface area contributed by atoms with Gasteiger partial charge in [0.2, 0.25) is 5.78 Å². The number of aliphatic hydroxyl groups is 2. The molecule has 0 saturated carbocycles. The topological polar surface area (TPSA) is 127 Å². The Morgan fingerprint density at radius 2 is 1.75 bits per heavy atom. The molecular weight excluding hydrogens is 443 g/mol. The second kappa shape index (κ2) is 17.3. The second-order valence-corrected chi connectivity index (χ2v) is 9.89. The van der Waals surface area contributed by atoms with Gasteiger partial charge in [-0.25, -0.2) is 13.4 Å². The first-order chi connectivity index (χ1) is 14.7. The van der Waals surface area contributed by atoms with Gasteiger partial charge in [-0.3, -0.25) is 9.28 Å². The van der Waals surface area contributed by atoms with E-state index in [1.54, 1.807) is 0 Å². The van der Waals surface area contributed by atoms with E-state index in [0.29, 0.717) is 19.5 Å². The van der Waals surface area contributed by atoms with E-state index >= 15 is 0 Å². The third-order valence-corrected chi connectivity index (χ3v) is 6.53. The summed E-state index contributed by atoms with van der Waals surface area (Å²) in [5, 5.41) is 19.5. The van der Waals surface area contributed by atoms with Crippen LogP contribution in [0.25, 0.3) is 0 Å². The van der Waals surface area contributed by atoms with Crippen molar-refractivity contribution < 1.29 is 62.0 Å².